The van der Waals surface area contributed by atoms with Crippen LogP contribution in [-0.4, -0.2) is 20.4 Å². The van der Waals surface area contributed by atoms with Gasteiger partial charge in [-0.15, -0.1) is 0 Å². The summed E-state index contributed by atoms with van der Waals surface area (Å²) >= 11 is 0. The molecule has 2 aromatic carbocycles. The van der Waals surface area contributed by atoms with Crippen LogP contribution in [0.5, 0.6) is 6.01 Å². The van der Waals surface area contributed by atoms with Crippen LogP contribution < -0.4 is 4.74 Å². The number of aryl methyl sites for hydroxylation is 1. The van der Waals surface area contributed by atoms with E-state index in [4.69, 9.17) is 4.74 Å². The van der Waals surface area contributed by atoms with Crippen LogP contribution in [0.4, 0.5) is 5.69 Å². The Morgan fingerprint density at radius 2 is 2.04 bits per heavy atom. The molecule has 24 heavy (non-hydrogen) atoms. The van der Waals surface area contributed by atoms with Crippen LogP contribution in [0, 0.1) is 10.1 Å². The molecule has 3 aromatic rings. The Morgan fingerprint density at radius 1 is 1.25 bits per heavy atom. The molecule has 122 valence electrons. The number of carbonyl (C=O) groups is 1. The van der Waals surface area contributed by atoms with Gasteiger partial charge in [-0.2, -0.15) is 4.98 Å². The zero-order valence-corrected chi connectivity index (χ0v) is 13.0. The van der Waals surface area contributed by atoms with Crippen LogP contribution in [0.15, 0.2) is 48.5 Å². The molecule has 0 spiro atoms. The van der Waals surface area contributed by atoms with E-state index in [9.17, 15) is 14.9 Å². The maximum atomic E-state index is 12.3. The van der Waals surface area contributed by atoms with Crippen LogP contribution in [0.1, 0.15) is 23.7 Å². The van der Waals surface area contributed by atoms with E-state index in [0.29, 0.717) is 6.54 Å². The molecule has 0 radical (unpaired) electrons. The Labute approximate surface area is 137 Å². The monoisotopic (exact) mass is 325 g/mol. The summed E-state index contributed by atoms with van der Waals surface area (Å²) in [6.07, 6.45) is 0.849. The number of ether oxygens (including phenoxy) is 1. The smallest absolute Gasteiger partial charge is 0.346 e. The first kappa shape index (κ1) is 15.7. The van der Waals surface area contributed by atoms with Gasteiger partial charge in [0.05, 0.1) is 21.5 Å². The molecule has 0 aliphatic heterocycles. The van der Waals surface area contributed by atoms with Crippen molar-refractivity contribution in [2.45, 2.75) is 19.9 Å². The fourth-order valence-electron chi connectivity index (χ4n) is 2.46. The minimum atomic E-state index is -0.675. The lowest BCUT2D eigenvalue weighted by Crippen LogP contribution is -2.12. The van der Waals surface area contributed by atoms with Gasteiger partial charge in [-0.25, -0.2) is 4.79 Å². The SMILES string of the molecule is CCCn1c(OC(=O)c2cccc([N+](=O)[O-])c2)nc2ccccc21. The summed E-state index contributed by atoms with van der Waals surface area (Å²) in [5.41, 5.74) is 1.56. The van der Waals surface area contributed by atoms with E-state index < -0.39 is 10.9 Å². The van der Waals surface area contributed by atoms with Crippen molar-refractivity contribution >= 4 is 22.7 Å². The van der Waals surface area contributed by atoms with Gasteiger partial charge in [0.25, 0.3) is 5.69 Å². The number of non-ortho nitro benzene ring substituents is 1. The molecule has 0 atom stereocenters. The number of imidazole rings is 1. The second kappa shape index (κ2) is 6.49. The van der Waals surface area contributed by atoms with E-state index in [0.717, 1.165) is 17.5 Å². The van der Waals surface area contributed by atoms with Gasteiger partial charge in [-0.3, -0.25) is 14.7 Å². The Kier molecular flexibility index (Phi) is 4.24. The topological polar surface area (TPSA) is 87.3 Å². The van der Waals surface area contributed by atoms with Gasteiger partial charge in [-0.1, -0.05) is 25.1 Å². The fraction of sp³-hybridized carbons (Fsp3) is 0.176. The Hall–Kier alpha value is -3.22. The number of carbonyl (C=O) groups excluding carboxylic acids is 1. The number of fused-ring (bicyclic) bond motifs is 1. The molecule has 0 aliphatic rings. The van der Waals surface area contributed by atoms with E-state index in [1.54, 1.807) is 0 Å². The number of benzene rings is 2. The number of para-hydroxylation sites is 2. The average molecular weight is 325 g/mol. The molecule has 3 rings (SSSR count). The summed E-state index contributed by atoms with van der Waals surface area (Å²) in [5, 5.41) is 10.8. The Balaban J connectivity index is 1.94. The average Bonchev–Trinajstić information content (AvgIpc) is 2.93. The molecular formula is C17H15N3O4. The predicted molar refractivity (Wildman–Crippen MR) is 88.1 cm³/mol. The lowest BCUT2D eigenvalue weighted by atomic mass is 10.2. The molecular weight excluding hydrogens is 310 g/mol. The maximum absolute atomic E-state index is 12.3. The third kappa shape index (κ3) is 2.96. The molecule has 0 saturated heterocycles. The molecule has 0 fully saturated rings. The van der Waals surface area contributed by atoms with E-state index in [1.807, 2.05) is 35.8 Å². The van der Waals surface area contributed by atoms with Gasteiger partial charge in [0.2, 0.25) is 0 Å². The number of esters is 1. The molecule has 7 nitrogen and oxygen atoms in total. The van der Waals surface area contributed by atoms with Crippen LogP contribution >= 0.6 is 0 Å². The number of nitro benzene ring substituents is 1. The fourth-order valence-corrected chi connectivity index (χ4v) is 2.46. The number of nitro groups is 1. The molecule has 0 unspecified atom stereocenters. The number of rotatable bonds is 5. The van der Waals surface area contributed by atoms with Gasteiger partial charge in [-0.05, 0) is 24.6 Å². The second-order valence-electron chi connectivity index (χ2n) is 5.23. The summed E-state index contributed by atoms with van der Waals surface area (Å²) < 4.78 is 7.22. The zero-order chi connectivity index (χ0) is 17.1. The summed E-state index contributed by atoms with van der Waals surface area (Å²) in [7, 11) is 0. The standard InChI is InChI=1S/C17H15N3O4/c1-2-10-19-15-9-4-3-8-14(15)18-17(19)24-16(21)12-6-5-7-13(11-12)20(22)23/h3-9,11H,2,10H2,1H3. The molecule has 0 aliphatic carbocycles. The highest BCUT2D eigenvalue weighted by Crippen LogP contribution is 2.23. The lowest BCUT2D eigenvalue weighted by molar-refractivity contribution is -0.384. The highest BCUT2D eigenvalue weighted by Gasteiger charge is 2.18. The molecule has 1 aromatic heterocycles. The van der Waals surface area contributed by atoms with Gasteiger partial charge in [0, 0.05) is 18.7 Å². The first-order valence-electron chi connectivity index (χ1n) is 7.52. The molecule has 0 bridgehead atoms. The summed E-state index contributed by atoms with van der Waals surface area (Å²) in [4.78, 5) is 26.9. The van der Waals surface area contributed by atoms with Crippen molar-refractivity contribution in [1.82, 2.24) is 9.55 Å². The molecule has 7 heteroatoms. The van der Waals surface area contributed by atoms with Crippen molar-refractivity contribution in [2.24, 2.45) is 0 Å². The Morgan fingerprint density at radius 3 is 2.79 bits per heavy atom. The summed E-state index contributed by atoms with van der Waals surface area (Å²) in [6, 6.07) is 13.1. The van der Waals surface area contributed by atoms with E-state index >= 15 is 0 Å². The number of nitrogens with zero attached hydrogens (tertiary/aromatic N) is 3. The first-order valence-corrected chi connectivity index (χ1v) is 7.52. The zero-order valence-electron chi connectivity index (χ0n) is 13.0. The number of hydrogen-bond acceptors (Lipinski definition) is 5. The van der Waals surface area contributed by atoms with Crippen LogP contribution in [0.2, 0.25) is 0 Å². The van der Waals surface area contributed by atoms with Crippen molar-refractivity contribution in [3.63, 3.8) is 0 Å². The van der Waals surface area contributed by atoms with Crippen molar-refractivity contribution in [3.8, 4) is 6.01 Å². The van der Waals surface area contributed by atoms with Gasteiger partial charge in [0.15, 0.2) is 0 Å². The van der Waals surface area contributed by atoms with Gasteiger partial charge in [0.1, 0.15) is 0 Å². The lowest BCUT2D eigenvalue weighted by Gasteiger charge is -2.07. The van der Waals surface area contributed by atoms with Gasteiger partial charge >= 0.3 is 12.0 Å². The van der Waals surface area contributed by atoms with Crippen LogP contribution in [-0.2, 0) is 6.54 Å². The normalized spacial score (nSPS) is 10.7. The molecule has 0 N–H and O–H groups in total. The minimum absolute atomic E-state index is 0.110. The number of aromatic nitrogens is 2. The largest absolute Gasteiger partial charge is 0.388 e. The van der Waals surface area contributed by atoms with Crippen molar-refractivity contribution < 1.29 is 14.5 Å². The summed E-state index contributed by atoms with van der Waals surface area (Å²) in [5.74, 6) is -0.675. The van der Waals surface area contributed by atoms with Crippen LogP contribution in [0.25, 0.3) is 11.0 Å². The first-order chi connectivity index (χ1) is 11.6. The predicted octanol–water partition coefficient (Wildman–Crippen LogP) is 3.57. The minimum Gasteiger partial charge on any atom is -0.388 e. The third-order valence-electron chi connectivity index (χ3n) is 3.54. The van der Waals surface area contributed by atoms with Crippen LogP contribution in [0.3, 0.4) is 0 Å². The van der Waals surface area contributed by atoms with Crippen molar-refractivity contribution in [1.29, 1.82) is 0 Å². The number of hydrogen-bond donors (Lipinski definition) is 0. The quantitative estimate of drug-likeness (QED) is 0.406. The summed E-state index contributed by atoms with van der Waals surface area (Å²) in [6.45, 7) is 2.67. The maximum Gasteiger partial charge on any atom is 0.346 e. The van der Waals surface area contributed by atoms with Crippen molar-refractivity contribution in [3.05, 3.63) is 64.2 Å². The molecule has 0 amide bonds. The Bertz CT molecular complexity index is 917. The molecule has 1 heterocycles. The van der Waals surface area contributed by atoms with E-state index in [2.05, 4.69) is 4.98 Å². The van der Waals surface area contributed by atoms with E-state index in [1.165, 1.54) is 24.3 Å². The third-order valence-corrected chi connectivity index (χ3v) is 3.54. The highest BCUT2D eigenvalue weighted by molar-refractivity contribution is 5.92. The van der Waals surface area contributed by atoms with Crippen molar-refractivity contribution in [2.75, 3.05) is 0 Å². The molecule has 0 saturated carbocycles. The van der Waals surface area contributed by atoms with Gasteiger partial charge < -0.3 is 4.74 Å². The second-order valence-corrected chi connectivity index (χ2v) is 5.23. The van der Waals surface area contributed by atoms with E-state index in [-0.39, 0.29) is 17.3 Å². The highest BCUT2D eigenvalue weighted by atomic mass is 16.6.